The van der Waals surface area contributed by atoms with Crippen LogP contribution in [0.2, 0.25) is 0 Å². The van der Waals surface area contributed by atoms with Crippen LogP contribution < -0.4 is 10.2 Å². The summed E-state index contributed by atoms with van der Waals surface area (Å²) in [6, 6.07) is 7.92. The molecule has 1 fully saturated rings. The fourth-order valence-electron chi connectivity index (χ4n) is 3.60. The van der Waals surface area contributed by atoms with E-state index in [1.54, 1.807) is 0 Å². The summed E-state index contributed by atoms with van der Waals surface area (Å²) in [6.45, 7) is 10.2. The number of carbonyl (C=O) groups excluding carboxylic acids is 2. The van der Waals surface area contributed by atoms with Gasteiger partial charge in [0.25, 0.3) is 5.91 Å². The minimum atomic E-state index is -0.136. The Kier molecular flexibility index (Phi) is 7.64. The highest BCUT2D eigenvalue weighted by Crippen LogP contribution is 2.26. The fourth-order valence-corrected chi connectivity index (χ4v) is 3.60. The van der Waals surface area contributed by atoms with E-state index in [1.165, 1.54) is 10.5 Å². The lowest BCUT2D eigenvalue weighted by Gasteiger charge is -2.31. The van der Waals surface area contributed by atoms with Crippen LogP contribution in [0.15, 0.2) is 24.3 Å². The highest BCUT2D eigenvalue weighted by Gasteiger charge is 2.33. The van der Waals surface area contributed by atoms with Gasteiger partial charge >= 0.3 is 5.97 Å². The van der Waals surface area contributed by atoms with Crippen molar-refractivity contribution in [3.63, 3.8) is 0 Å². The van der Waals surface area contributed by atoms with Crippen molar-refractivity contribution in [2.45, 2.75) is 58.9 Å². The van der Waals surface area contributed by atoms with Gasteiger partial charge in [0.2, 0.25) is 0 Å². The lowest BCUT2D eigenvalue weighted by Crippen LogP contribution is -3.17. The Hall–Kier alpha value is -1.88. The van der Waals surface area contributed by atoms with Gasteiger partial charge in [-0.05, 0) is 37.8 Å². The van der Waals surface area contributed by atoms with Gasteiger partial charge in [0.1, 0.15) is 0 Å². The number of likely N-dealkylation sites (tertiary alicyclic amines) is 1. The van der Waals surface area contributed by atoms with E-state index in [4.69, 9.17) is 4.74 Å². The molecule has 1 heterocycles. The lowest BCUT2D eigenvalue weighted by atomic mass is 9.95. The SMILES string of the molecule is CCOC(=O)C1CC[NH+]([C@@H](C)C(=O)Nc2ccccc2[C@H](C)CC)CC1. The van der Waals surface area contributed by atoms with E-state index in [2.05, 4.69) is 25.2 Å². The number of benzene rings is 1. The average molecular weight is 362 g/mol. The van der Waals surface area contributed by atoms with Gasteiger partial charge in [0.15, 0.2) is 6.04 Å². The predicted molar refractivity (Wildman–Crippen MR) is 103 cm³/mol. The first-order chi connectivity index (χ1) is 12.5. The first kappa shape index (κ1) is 20.4. The molecule has 0 bridgehead atoms. The smallest absolute Gasteiger partial charge is 0.309 e. The average Bonchev–Trinajstić information content (AvgIpc) is 2.67. The molecule has 1 aliphatic rings. The molecule has 26 heavy (non-hydrogen) atoms. The summed E-state index contributed by atoms with van der Waals surface area (Å²) in [5.41, 5.74) is 2.10. The normalized spacial score (nSPS) is 22.3. The number of hydrogen-bond acceptors (Lipinski definition) is 3. The predicted octanol–water partition coefficient (Wildman–Crippen LogP) is 2.39. The van der Waals surface area contributed by atoms with Crippen molar-refractivity contribution in [2.24, 2.45) is 5.92 Å². The Labute approximate surface area is 157 Å². The summed E-state index contributed by atoms with van der Waals surface area (Å²) in [4.78, 5) is 25.9. The number of para-hydroxylation sites is 1. The minimum absolute atomic E-state index is 0.0138. The maximum atomic E-state index is 12.8. The zero-order valence-electron chi connectivity index (χ0n) is 16.5. The van der Waals surface area contributed by atoms with E-state index in [1.807, 2.05) is 32.0 Å². The zero-order valence-corrected chi connectivity index (χ0v) is 16.5. The molecule has 1 aliphatic heterocycles. The second kappa shape index (κ2) is 9.72. The molecule has 2 atom stereocenters. The Morgan fingerprint density at radius 3 is 2.46 bits per heavy atom. The van der Waals surface area contributed by atoms with Gasteiger partial charge in [-0.3, -0.25) is 9.59 Å². The molecule has 0 radical (unpaired) electrons. The van der Waals surface area contributed by atoms with Gasteiger partial charge in [-0.25, -0.2) is 0 Å². The Balaban J connectivity index is 1.94. The molecule has 5 nitrogen and oxygen atoms in total. The lowest BCUT2D eigenvalue weighted by molar-refractivity contribution is -0.919. The topological polar surface area (TPSA) is 59.8 Å². The maximum Gasteiger partial charge on any atom is 0.309 e. The fraction of sp³-hybridized carbons (Fsp3) is 0.619. The molecule has 0 aromatic heterocycles. The molecule has 0 aliphatic carbocycles. The van der Waals surface area contributed by atoms with E-state index in [0.29, 0.717) is 12.5 Å². The van der Waals surface area contributed by atoms with Crippen LogP contribution in [0.4, 0.5) is 5.69 Å². The zero-order chi connectivity index (χ0) is 19.1. The van der Waals surface area contributed by atoms with Crippen LogP contribution in [-0.4, -0.2) is 37.6 Å². The van der Waals surface area contributed by atoms with Crippen molar-refractivity contribution in [1.82, 2.24) is 0 Å². The molecule has 5 heteroatoms. The second-order valence-electron chi connectivity index (χ2n) is 7.29. The standard InChI is InChI=1S/C21H32N2O3/c1-5-15(3)18-9-7-8-10-19(18)22-20(24)16(4)23-13-11-17(12-14-23)21(25)26-6-2/h7-10,15-17H,5-6,11-14H2,1-4H3,(H,22,24)/p+1/t15-,16+/m1/s1. The van der Waals surface area contributed by atoms with Crippen LogP contribution in [0.5, 0.6) is 0 Å². The van der Waals surface area contributed by atoms with Gasteiger partial charge in [0.05, 0.1) is 25.6 Å². The molecule has 144 valence electrons. The number of amides is 1. The number of rotatable bonds is 7. The Morgan fingerprint density at radius 1 is 1.19 bits per heavy atom. The van der Waals surface area contributed by atoms with Gasteiger partial charge < -0.3 is 15.0 Å². The first-order valence-corrected chi connectivity index (χ1v) is 9.88. The minimum Gasteiger partial charge on any atom is -0.466 e. The summed E-state index contributed by atoms with van der Waals surface area (Å²) < 4.78 is 5.12. The maximum absolute atomic E-state index is 12.8. The van der Waals surface area contributed by atoms with Crippen LogP contribution >= 0.6 is 0 Å². The van der Waals surface area contributed by atoms with E-state index in [9.17, 15) is 9.59 Å². The number of esters is 1. The Morgan fingerprint density at radius 2 is 1.85 bits per heavy atom. The number of hydrogen-bond donors (Lipinski definition) is 2. The van der Waals surface area contributed by atoms with Crippen LogP contribution in [0.1, 0.15) is 58.4 Å². The summed E-state index contributed by atoms with van der Waals surface area (Å²) in [5.74, 6) is 0.353. The molecular formula is C21H33N2O3+. The van der Waals surface area contributed by atoms with E-state index >= 15 is 0 Å². The van der Waals surface area contributed by atoms with Gasteiger partial charge in [0, 0.05) is 18.5 Å². The molecule has 2 N–H and O–H groups in total. The molecule has 2 rings (SSSR count). The first-order valence-electron chi connectivity index (χ1n) is 9.88. The summed E-state index contributed by atoms with van der Waals surface area (Å²) in [5, 5.41) is 3.13. The van der Waals surface area contributed by atoms with E-state index in [-0.39, 0.29) is 23.8 Å². The molecule has 0 spiro atoms. The number of piperidine rings is 1. The van der Waals surface area contributed by atoms with Crippen LogP contribution in [0.3, 0.4) is 0 Å². The second-order valence-corrected chi connectivity index (χ2v) is 7.29. The third-order valence-electron chi connectivity index (χ3n) is 5.62. The molecule has 0 saturated carbocycles. The largest absolute Gasteiger partial charge is 0.466 e. The van der Waals surface area contributed by atoms with Gasteiger partial charge in [-0.2, -0.15) is 0 Å². The highest BCUT2D eigenvalue weighted by molar-refractivity contribution is 5.94. The Bertz CT molecular complexity index is 609. The van der Waals surface area contributed by atoms with Crippen molar-refractivity contribution in [1.29, 1.82) is 0 Å². The quantitative estimate of drug-likeness (QED) is 0.733. The highest BCUT2D eigenvalue weighted by atomic mass is 16.5. The number of carbonyl (C=O) groups is 2. The number of quaternary nitrogens is 1. The number of ether oxygens (including phenoxy) is 1. The van der Waals surface area contributed by atoms with Gasteiger partial charge in [-0.15, -0.1) is 0 Å². The van der Waals surface area contributed by atoms with Crippen molar-refractivity contribution in [2.75, 3.05) is 25.0 Å². The summed E-state index contributed by atoms with van der Waals surface area (Å²) in [7, 11) is 0. The molecular weight excluding hydrogens is 328 g/mol. The molecule has 1 amide bonds. The molecule has 0 unspecified atom stereocenters. The van der Waals surface area contributed by atoms with Crippen molar-refractivity contribution in [3.8, 4) is 0 Å². The van der Waals surface area contributed by atoms with Crippen LogP contribution in [0, 0.1) is 5.92 Å². The van der Waals surface area contributed by atoms with Crippen molar-refractivity contribution >= 4 is 17.6 Å². The van der Waals surface area contributed by atoms with Gasteiger partial charge in [-0.1, -0.05) is 32.0 Å². The number of anilines is 1. The molecule has 1 aromatic carbocycles. The van der Waals surface area contributed by atoms with E-state index < -0.39 is 0 Å². The van der Waals surface area contributed by atoms with Crippen LogP contribution in [-0.2, 0) is 14.3 Å². The van der Waals surface area contributed by atoms with E-state index in [0.717, 1.165) is 38.0 Å². The van der Waals surface area contributed by atoms with Crippen LogP contribution in [0.25, 0.3) is 0 Å². The van der Waals surface area contributed by atoms with Crippen molar-refractivity contribution < 1.29 is 19.2 Å². The summed E-state index contributed by atoms with van der Waals surface area (Å²) >= 11 is 0. The third-order valence-corrected chi connectivity index (χ3v) is 5.62. The number of nitrogens with one attached hydrogen (secondary N) is 2. The summed E-state index contributed by atoms with van der Waals surface area (Å²) in [6.07, 6.45) is 2.61. The third kappa shape index (κ3) is 5.07. The van der Waals surface area contributed by atoms with Crippen molar-refractivity contribution in [3.05, 3.63) is 29.8 Å². The molecule has 1 saturated heterocycles. The molecule has 1 aromatic rings. The monoisotopic (exact) mass is 361 g/mol.